The van der Waals surface area contributed by atoms with Gasteiger partial charge in [0.25, 0.3) is 0 Å². The Balaban J connectivity index is 3.30. The number of primary amides is 1. The molecule has 76 valence electrons. The molecule has 0 bridgehead atoms. The number of hydrogen-bond donors (Lipinski definition) is 1. The fourth-order valence-corrected chi connectivity index (χ4v) is 1.56. The molecule has 0 saturated carbocycles. The molecule has 1 rings (SSSR count). The van der Waals surface area contributed by atoms with E-state index in [2.05, 4.69) is 15.9 Å². The number of carbonyl (C=O) groups is 1. The van der Waals surface area contributed by atoms with Gasteiger partial charge in [-0.15, -0.1) is 0 Å². The van der Waals surface area contributed by atoms with Crippen molar-refractivity contribution < 1.29 is 14.3 Å². The van der Waals surface area contributed by atoms with Gasteiger partial charge in [0, 0.05) is 4.47 Å². The van der Waals surface area contributed by atoms with Crippen LogP contribution in [0.5, 0.6) is 11.5 Å². The Morgan fingerprint density at radius 1 is 1.29 bits per heavy atom. The van der Waals surface area contributed by atoms with Gasteiger partial charge in [-0.05, 0) is 28.1 Å². The molecule has 0 atom stereocenters. The Labute approximate surface area is 90.1 Å². The predicted molar refractivity (Wildman–Crippen MR) is 55.8 cm³/mol. The van der Waals surface area contributed by atoms with Crippen molar-refractivity contribution in [3.05, 3.63) is 22.2 Å². The van der Waals surface area contributed by atoms with Gasteiger partial charge < -0.3 is 15.2 Å². The molecular formula is C9H10BrNO3. The van der Waals surface area contributed by atoms with E-state index in [1.54, 1.807) is 6.07 Å². The molecule has 0 heterocycles. The van der Waals surface area contributed by atoms with Gasteiger partial charge in [0.15, 0.2) is 11.5 Å². The maximum atomic E-state index is 11.0. The van der Waals surface area contributed by atoms with Crippen LogP contribution >= 0.6 is 15.9 Å². The zero-order valence-electron chi connectivity index (χ0n) is 7.83. The van der Waals surface area contributed by atoms with Crippen molar-refractivity contribution in [2.24, 2.45) is 5.73 Å². The van der Waals surface area contributed by atoms with E-state index in [-0.39, 0.29) is 0 Å². The minimum atomic E-state index is -0.516. The third-order valence-corrected chi connectivity index (χ3v) is 2.39. The number of halogens is 1. The highest BCUT2D eigenvalue weighted by Gasteiger charge is 2.12. The SMILES string of the molecule is COc1cc(Br)c(C(N)=O)cc1OC. The van der Waals surface area contributed by atoms with Crippen LogP contribution in [0.25, 0.3) is 0 Å². The number of amides is 1. The maximum absolute atomic E-state index is 11.0. The van der Waals surface area contributed by atoms with E-state index in [4.69, 9.17) is 15.2 Å². The molecule has 0 saturated heterocycles. The van der Waals surface area contributed by atoms with Crippen LogP contribution in [0.2, 0.25) is 0 Å². The Morgan fingerprint density at radius 2 is 1.79 bits per heavy atom. The number of benzene rings is 1. The maximum Gasteiger partial charge on any atom is 0.249 e. The highest BCUT2D eigenvalue weighted by molar-refractivity contribution is 9.10. The monoisotopic (exact) mass is 259 g/mol. The summed E-state index contributed by atoms with van der Waals surface area (Å²) >= 11 is 3.22. The van der Waals surface area contributed by atoms with Crippen molar-refractivity contribution in [1.82, 2.24) is 0 Å². The Morgan fingerprint density at radius 3 is 2.21 bits per heavy atom. The first-order chi connectivity index (χ1) is 6.60. The molecule has 1 aromatic carbocycles. The molecule has 2 N–H and O–H groups in total. The summed E-state index contributed by atoms with van der Waals surface area (Å²) in [4.78, 5) is 11.0. The van der Waals surface area contributed by atoms with E-state index in [1.807, 2.05) is 0 Å². The molecule has 0 unspecified atom stereocenters. The quantitative estimate of drug-likeness (QED) is 0.897. The van der Waals surface area contributed by atoms with Gasteiger partial charge in [-0.2, -0.15) is 0 Å². The van der Waals surface area contributed by atoms with Crippen molar-refractivity contribution in [3.8, 4) is 11.5 Å². The second-order valence-electron chi connectivity index (χ2n) is 2.55. The van der Waals surface area contributed by atoms with Crippen LogP contribution in [0, 0.1) is 0 Å². The third-order valence-electron chi connectivity index (χ3n) is 1.74. The van der Waals surface area contributed by atoms with Crippen LogP contribution in [-0.2, 0) is 0 Å². The number of rotatable bonds is 3. The minimum absolute atomic E-state index is 0.364. The molecule has 5 heteroatoms. The third kappa shape index (κ3) is 1.98. The molecule has 0 aliphatic heterocycles. The molecule has 14 heavy (non-hydrogen) atoms. The summed E-state index contributed by atoms with van der Waals surface area (Å²) in [5, 5.41) is 0. The fraction of sp³-hybridized carbons (Fsp3) is 0.222. The lowest BCUT2D eigenvalue weighted by molar-refractivity contribution is 0.0999. The van der Waals surface area contributed by atoms with Crippen LogP contribution in [0.3, 0.4) is 0 Å². The van der Waals surface area contributed by atoms with Crippen molar-refractivity contribution in [3.63, 3.8) is 0 Å². The molecular weight excluding hydrogens is 250 g/mol. The van der Waals surface area contributed by atoms with Gasteiger partial charge in [0.2, 0.25) is 5.91 Å². The molecule has 4 nitrogen and oxygen atoms in total. The zero-order valence-corrected chi connectivity index (χ0v) is 9.42. The normalized spacial score (nSPS) is 9.64. The molecule has 0 fully saturated rings. The molecule has 0 aromatic heterocycles. The van der Waals surface area contributed by atoms with Gasteiger partial charge in [-0.1, -0.05) is 0 Å². The summed E-state index contributed by atoms with van der Waals surface area (Å²) in [6.07, 6.45) is 0. The summed E-state index contributed by atoms with van der Waals surface area (Å²) in [6, 6.07) is 3.17. The summed E-state index contributed by atoms with van der Waals surface area (Å²) in [6.45, 7) is 0. The molecule has 1 aromatic rings. The summed E-state index contributed by atoms with van der Waals surface area (Å²) in [5.41, 5.74) is 5.53. The lowest BCUT2D eigenvalue weighted by atomic mass is 10.2. The van der Waals surface area contributed by atoms with Crippen molar-refractivity contribution in [2.45, 2.75) is 0 Å². The van der Waals surface area contributed by atoms with Gasteiger partial charge in [0.05, 0.1) is 19.8 Å². The first-order valence-corrected chi connectivity index (χ1v) is 4.60. The van der Waals surface area contributed by atoms with Crippen LogP contribution in [-0.4, -0.2) is 20.1 Å². The van der Waals surface area contributed by atoms with E-state index in [0.29, 0.717) is 21.5 Å². The Hall–Kier alpha value is -1.23. The van der Waals surface area contributed by atoms with Crippen LogP contribution in [0.4, 0.5) is 0 Å². The molecule has 0 aliphatic rings. The van der Waals surface area contributed by atoms with Crippen molar-refractivity contribution in [1.29, 1.82) is 0 Å². The van der Waals surface area contributed by atoms with Crippen LogP contribution in [0.1, 0.15) is 10.4 Å². The largest absolute Gasteiger partial charge is 0.493 e. The highest BCUT2D eigenvalue weighted by Crippen LogP contribution is 2.32. The van der Waals surface area contributed by atoms with E-state index < -0.39 is 5.91 Å². The first-order valence-electron chi connectivity index (χ1n) is 3.81. The second kappa shape index (κ2) is 4.32. The average Bonchev–Trinajstić information content (AvgIpc) is 2.16. The van der Waals surface area contributed by atoms with Gasteiger partial charge in [-0.25, -0.2) is 0 Å². The Kier molecular flexibility index (Phi) is 3.35. The topological polar surface area (TPSA) is 61.5 Å². The first kappa shape index (κ1) is 10.8. The lowest BCUT2D eigenvalue weighted by Gasteiger charge is -2.09. The summed E-state index contributed by atoms with van der Waals surface area (Å²) < 4.78 is 10.7. The summed E-state index contributed by atoms with van der Waals surface area (Å²) in [5.74, 6) is 0.506. The smallest absolute Gasteiger partial charge is 0.249 e. The van der Waals surface area contributed by atoms with Gasteiger partial charge >= 0.3 is 0 Å². The van der Waals surface area contributed by atoms with Gasteiger partial charge in [-0.3, -0.25) is 4.79 Å². The number of ether oxygens (including phenoxy) is 2. The van der Waals surface area contributed by atoms with E-state index in [0.717, 1.165) is 0 Å². The van der Waals surface area contributed by atoms with Crippen LogP contribution < -0.4 is 15.2 Å². The molecule has 0 aliphatic carbocycles. The molecule has 1 amide bonds. The molecule has 0 spiro atoms. The minimum Gasteiger partial charge on any atom is -0.493 e. The highest BCUT2D eigenvalue weighted by atomic mass is 79.9. The average molecular weight is 260 g/mol. The van der Waals surface area contributed by atoms with E-state index in [9.17, 15) is 4.79 Å². The predicted octanol–water partition coefficient (Wildman–Crippen LogP) is 1.57. The van der Waals surface area contributed by atoms with Gasteiger partial charge in [0.1, 0.15) is 0 Å². The molecule has 0 radical (unpaired) electrons. The standard InChI is InChI=1S/C9H10BrNO3/c1-13-7-3-5(9(11)12)6(10)4-8(7)14-2/h3-4H,1-2H3,(H2,11,12). The number of carbonyl (C=O) groups excluding carboxylic acids is 1. The summed E-state index contributed by atoms with van der Waals surface area (Å²) in [7, 11) is 3.02. The van der Waals surface area contributed by atoms with Crippen LogP contribution in [0.15, 0.2) is 16.6 Å². The number of methoxy groups -OCH3 is 2. The zero-order chi connectivity index (χ0) is 10.7. The number of nitrogens with two attached hydrogens (primary N) is 1. The van der Waals surface area contributed by atoms with E-state index in [1.165, 1.54) is 20.3 Å². The lowest BCUT2D eigenvalue weighted by Crippen LogP contribution is -2.12. The Bertz CT molecular complexity index is 365. The van der Waals surface area contributed by atoms with Crippen molar-refractivity contribution in [2.75, 3.05) is 14.2 Å². The number of hydrogen-bond acceptors (Lipinski definition) is 3. The second-order valence-corrected chi connectivity index (χ2v) is 3.41. The van der Waals surface area contributed by atoms with E-state index >= 15 is 0 Å². The van der Waals surface area contributed by atoms with Crippen molar-refractivity contribution >= 4 is 21.8 Å². The fourth-order valence-electron chi connectivity index (χ4n) is 1.04.